The van der Waals surface area contributed by atoms with E-state index in [0.29, 0.717) is 6.54 Å². The molecule has 1 unspecified atom stereocenters. The minimum atomic E-state index is -0.356. The Balaban J connectivity index is 2.52. The van der Waals surface area contributed by atoms with Gasteiger partial charge < -0.3 is 10.4 Å². The van der Waals surface area contributed by atoms with Crippen LogP contribution in [-0.2, 0) is 0 Å². The molecule has 0 radical (unpaired) electrons. The molecule has 0 aliphatic carbocycles. The molecule has 66 valence electrons. The maximum atomic E-state index is 8.98. The first kappa shape index (κ1) is 9.48. The molecule has 1 aromatic rings. The van der Waals surface area contributed by atoms with E-state index in [4.69, 9.17) is 5.11 Å². The number of hydrogen-bond donors (Lipinski definition) is 2. The first-order chi connectivity index (χ1) is 5.68. The van der Waals surface area contributed by atoms with Crippen LogP contribution in [0.2, 0.25) is 0 Å². The van der Waals surface area contributed by atoms with E-state index in [9.17, 15) is 0 Å². The van der Waals surface area contributed by atoms with E-state index in [1.807, 2.05) is 18.2 Å². The predicted molar refractivity (Wildman–Crippen MR) is 52.1 cm³/mol. The molecule has 1 rings (SSSR count). The van der Waals surface area contributed by atoms with E-state index in [2.05, 4.69) is 26.2 Å². The third-order valence-electron chi connectivity index (χ3n) is 1.29. The summed E-state index contributed by atoms with van der Waals surface area (Å²) in [5.41, 5.74) is 0. The Labute approximate surface area is 80.0 Å². The van der Waals surface area contributed by atoms with Gasteiger partial charge in [0, 0.05) is 6.54 Å². The molecular weight excluding hydrogens is 220 g/mol. The highest BCUT2D eigenvalue weighted by Gasteiger charge is 1.96. The number of nitrogens with one attached hydrogen (secondary N) is 1. The average molecular weight is 231 g/mol. The highest BCUT2D eigenvalue weighted by Crippen LogP contribution is 2.09. The fourth-order valence-corrected chi connectivity index (χ4v) is 1.10. The highest BCUT2D eigenvalue weighted by molar-refractivity contribution is 9.10. The van der Waals surface area contributed by atoms with E-state index in [1.165, 1.54) is 0 Å². The number of hydrogen-bond acceptors (Lipinski definition) is 3. The van der Waals surface area contributed by atoms with Gasteiger partial charge in [-0.1, -0.05) is 6.07 Å². The van der Waals surface area contributed by atoms with Crippen molar-refractivity contribution in [1.82, 2.24) is 4.98 Å². The summed E-state index contributed by atoms with van der Waals surface area (Å²) in [4.78, 5) is 4.14. The summed E-state index contributed by atoms with van der Waals surface area (Å²) in [6.07, 6.45) is -0.356. The first-order valence-electron chi connectivity index (χ1n) is 3.73. The summed E-state index contributed by atoms with van der Waals surface area (Å²) < 4.78 is 0.790. The maximum absolute atomic E-state index is 8.98. The quantitative estimate of drug-likeness (QED) is 0.777. The number of rotatable bonds is 3. The average Bonchev–Trinajstić information content (AvgIpc) is 2.01. The molecule has 0 saturated heterocycles. The van der Waals surface area contributed by atoms with Gasteiger partial charge in [0.1, 0.15) is 10.4 Å². The van der Waals surface area contributed by atoms with Crippen molar-refractivity contribution in [3.63, 3.8) is 0 Å². The lowest BCUT2D eigenvalue weighted by molar-refractivity contribution is 0.208. The number of aromatic nitrogens is 1. The number of aliphatic hydroxyl groups excluding tert-OH is 1. The minimum Gasteiger partial charge on any atom is -0.392 e. The molecular formula is C8H11BrN2O. The maximum Gasteiger partial charge on any atom is 0.127 e. The van der Waals surface area contributed by atoms with Gasteiger partial charge in [0.15, 0.2) is 0 Å². The van der Waals surface area contributed by atoms with Gasteiger partial charge in [-0.25, -0.2) is 4.98 Å². The van der Waals surface area contributed by atoms with Crippen LogP contribution in [0, 0.1) is 0 Å². The van der Waals surface area contributed by atoms with Crippen molar-refractivity contribution in [3.8, 4) is 0 Å². The van der Waals surface area contributed by atoms with E-state index in [0.717, 1.165) is 10.4 Å². The number of nitrogens with zero attached hydrogens (tertiary/aromatic N) is 1. The van der Waals surface area contributed by atoms with Gasteiger partial charge in [-0.05, 0) is 35.0 Å². The third-order valence-corrected chi connectivity index (χ3v) is 1.74. The molecule has 0 aliphatic heterocycles. The normalized spacial score (nSPS) is 12.6. The summed E-state index contributed by atoms with van der Waals surface area (Å²) in [6.45, 7) is 2.24. The van der Waals surface area contributed by atoms with E-state index < -0.39 is 0 Å². The van der Waals surface area contributed by atoms with E-state index in [-0.39, 0.29) is 6.10 Å². The smallest absolute Gasteiger partial charge is 0.127 e. The van der Waals surface area contributed by atoms with Gasteiger partial charge >= 0.3 is 0 Å². The van der Waals surface area contributed by atoms with Crippen LogP contribution in [-0.4, -0.2) is 22.7 Å². The lowest BCUT2D eigenvalue weighted by Crippen LogP contribution is -2.15. The number of anilines is 1. The third kappa shape index (κ3) is 3.19. The largest absolute Gasteiger partial charge is 0.392 e. The second kappa shape index (κ2) is 4.42. The van der Waals surface area contributed by atoms with Crippen molar-refractivity contribution in [2.75, 3.05) is 11.9 Å². The van der Waals surface area contributed by atoms with E-state index in [1.54, 1.807) is 6.92 Å². The van der Waals surface area contributed by atoms with Crippen molar-refractivity contribution < 1.29 is 5.11 Å². The molecule has 0 spiro atoms. The Morgan fingerprint density at radius 1 is 1.67 bits per heavy atom. The fraction of sp³-hybridized carbons (Fsp3) is 0.375. The summed E-state index contributed by atoms with van der Waals surface area (Å²) >= 11 is 3.26. The zero-order chi connectivity index (χ0) is 8.97. The lowest BCUT2D eigenvalue weighted by Gasteiger charge is -2.06. The van der Waals surface area contributed by atoms with Crippen LogP contribution in [0.15, 0.2) is 22.8 Å². The molecule has 12 heavy (non-hydrogen) atoms. The van der Waals surface area contributed by atoms with Gasteiger partial charge in [0.25, 0.3) is 0 Å². The van der Waals surface area contributed by atoms with E-state index >= 15 is 0 Å². The van der Waals surface area contributed by atoms with Gasteiger partial charge in [-0.3, -0.25) is 0 Å². The molecule has 0 saturated carbocycles. The van der Waals surface area contributed by atoms with Crippen LogP contribution in [0.4, 0.5) is 5.82 Å². The molecule has 3 nitrogen and oxygen atoms in total. The van der Waals surface area contributed by atoms with Crippen LogP contribution in [0.25, 0.3) is 0 Å². The zero-order valence-corrected chi connectivity index (χ0v) is 8.37. The summed E-state index contributed by atoms with van der Waals surface area (Å²) in [6, 6.07) is 5.60. The van der Waals surface area contributed by atoms with Crippen LogP contribution in [0.5, 0.6) is 0 Å². The van der Waals surface area contributed by atoms with Crippen LogP contribution in [0.3, 0.4) is 0 Å². The molecule has 2 N–H and O–H groups in total. The fourth-order valence-electron chi connectivity index (χ4n) is 0.759. The summed E-state index contributed by atoms with van der Waals surface area (Å²) in [5.74, 6) is 0.769. The zero-order valence-electron chi connectivity index (χ0n) is 6.79. The van der Waals surface area contributed by atoms with Crippen molar-refractivity contribution in [2.24, 2.45) is 0 Å². The SMILES string of the molecule is CC(O)CNc1cccc(Br)n1. The first-order valence-corrected chi connectivity index (χ1v) is 4.52. The Bertz CT molecular complexity index is 253. The monoisotopic (exact) mass is 230 g/mol. The molecule has 1 aromatic heterocycles. The molecule has 1 heterocycles. The molecule has 0 aromatic carbocycles. The molecule has 4 heteroatoms. The van der Waals surface area contributed by atoms with Crippen molar-refractivity contribution in [2.45, 2.75) is 13.0 Å². The molecule has 0 aliphatic rings. The summed E-state index contributed by atoms with van der Waals surface area (Å²) in [7, 11) is 0. The topological polar surface area (TPSA) is 45.1 Å². The van der Waals surface area contributed by atoms with Crippen LogP contribution in [0.1, 0.15) is 6.92 Å². The Kier molecular flexibility index (Phi) is 3.49. The van der Waals surface area contributed by atoms with Gasteiger partial charge in [0.2, 0.25) is 0 Å². The predicted octanol–water partition coefficient (Wildman–Crippen LogP) is 1.64. The van der Waals surface area contributed by atoms with Crippen molar-refractivity contribution in [1.29, 1.82) is 0 Å². The van der Waals surface area contributed by atoms with Crippen LogP contribution < -0.4 is 5.32 Å². The second-order valence-electron chi connectivity index (χ2n) is 2.58. The number of pyridine rings is 1. The van der Waals surface area contributed by atoms with Gasteiger partial charge in [0.05, 0.1) is 6.10 Å². The molecule has 1 atom stereocenters. The Hall–Kier alpha value is -0.610. The standard InChI is InChI=1S/C8H11BrN2O/c1-6(12)5-10-8-4-2-3-7(9)11-8/h2-4,6,12H,5H2,1H3,(H,10,11). The molecule has 0 bridgehead atoms. The Morgan fingerprint density at radius 2 is 2.42 bits per heavy atom. The minimum absolute atomic E-state index is 0.356. The van der Waals surface area contributed by atoms with Crippen LogP contribution >= 0.6 is 15.9 Å². The lowest BCUT2D eigenvalue weighted by atomic mass is 10.4. The molecule has 0 amide bonds. The number of halogens is 1. The van der Waals surface area contributed by atoms with Gasteiger partial charge in [-0.2, -0.15) is 0 Å². The van der Waals surface area contributed by atoms with Crippen molar-refractivity contribution in [3.05, 3.63) is 22.8 Å². The highest BCUT2D eigenvalue weighted by atomic mass is 79.9. The summed E-state index contributed by atoms with van der Waals surface area (Å²) in [5, 5.41) is 12.0. The van der Waals surface area contributed by atoms with Crippen molar-refractivity contribution >= 4 is 21.7 Å². The second-order valence-corrected chi connectivity index (χ2v) is 3.39. The van der Waals surface area contributed by atoms with Gasteiger partial charge in [-0.15, -0.1) is 0 Å². The number of aliphatic hydroxyl groups is 1. The molecule has 0 fully saturated rings. The Morgan fingerprint density at radius 3 is 3.00 bits per heavy atom.